The van der Waals surface area contributed by atoms with E-state index in [1.54, 1.807) is 0 Å². The van der Waals surface area contributed by atoms with Crippen molar-refractivity contribution < 1.29 is 9.53 Å². The lowest BCUT2D eigenvalue weighted by Gasteiger charge is -2.40. The van der Waals surface area contributed by atoms with Crippen molar-refractivity contribution in [3.63, 3.8) is 0 Å². The van der Waals surface area contributed by atoms with Gasteiger partial charge in [0.05, 0.1) is 12.4 Å². The molecule has 30 heavy (non-hydrogen) atoms. The van der Waals surface area contributed by atoms with Crippen LogP contribution in [0.2, 0.25) is 0 Å². The quantitative estimate of drug-likeness (QED) is 0.603. The standard InChI is InChI=1S/C22H38N6O2/c1-17-8-11-26(15-19(17)28-12-9-24-16-28)20(23-5)25-13-18-7-6-10-27(14-18)21(29)30-22(2,3)4/h9,12,16-19H,6-8,10-11,13-15H2,1-5H3,(H,23,25). The summed E-state index contributed by atoms with van der Waals surface area (Å²) in [5.74, 6) is 1.95. The monoisotopic (exact) mass is 418 g/mol. The number of imidazole rings is 1. The summed E-state index contributed by atoms with van der Waals surface area (Å²) in [5, 5.41) is 3.57. The van der Waals surface area contributed by atoms with E-state index >= 15 is 0 Å². The first-order valence-electron chi connectivity index (χ1n) is 11.2. The van der Waals surface area contributed by atoms with Gasteiger partial charge < -0.3 is 24.4 Å². The fourth-order valence-corrected chi connectivity index (χ4v) is 4.39. The van der Waals surface area contributed by atoms with Crippen LogP contribution in [0.3, 0.4) is 0 Å². The molecule has 8 nitrogen and oxygen atoms in total. The Morgan fingerprint density at radius 1 is 1.23 bits per heavy atom. The minimum Gasteiger partial charge on any atom is -0.444 e. The van der Waals surface area contributed by atoms with Gasteiger partial charge in [-0.3, -0.25) is 4.99 Å². The third-order valence-corrected chi connectivity index (χ3v) is 6.06. The predicted octanol–water partition coefficient (Wildman–Crippen LogP) is 2.99. The Kier molecular flexibility index (Phi) is 7.26. The number of rotatable bonds is 3. The van der Waals surface area contributed by atoms with E-state index in [2.05, 4.69) is 31.7 Å². The highest BCUT2D eigenvalue weighted by molar-refractivity contribution is 5.80. The lowest BCUT2D eigenvalue weighted by Crippen LogP contribution is -2.51. The van der Waals surface area contributed by atoms with Gasteiger partial charge in [0, 0.05) is 52.2 Å². The number of likely N-dealkylation sites (tertiary alicyclic amines) is 2. The van der Waals surface area contributed by atoms with Crippen molar-refractivity contribution in [1.29, 1.82) is 0 Å². The van der Waals surface area contributed by atoms with Gasteiger partial charge in [-0.05, 0) is 51.9 Å². The molecular weight excluding hydrogens is 380 g/mol. The van der Waals surface area contributed by atoms with Crippen LogP contribution in [0.15, 0.2) is 23.7 Å². The van der Waals surface area contributed by atoms with Crippen molar-refractivity contribution in [2.75, 3.05) is 39.8 Å². The van der Waals surface area contributed by atoms with Crippen LogP contribution in [0.1, 0.15) is 53.0 Å². The number of nitrogens with one attached hydrogen (secondary N) is 1. The largest absolute Gasteiger partial charge is 0.444 e. The maximum absolute atomic E-state index is 12.4. The van der Waals surface area contributed by atoms with Crippen LogP contribution in [-0.4, -0.2) is 76.8 Å². The smallest absolute Gasteiger partial charge is 0.410 e. The van der Waals surface area contributed by atoms with E-state index in [9.17, 15) is 4.79 Å². The first-order valence-corrected chi connectivity index (χ1v) is 11.2. The zero-order valence-corrected chi connectivity index (χ0v) is 19.2. The highest BCUT2D eigenvalue weighted by atomic mass is 16.6. The normalized spacial score (nSPS) is 25.9. The molecule has 2 aliphatic heterocycles. The van der Waals surface area contributed by atoms with E-state index < -0.39 is 5.60 Å². The Morgan fingerprint density at radius 2 is 2.03 bits per heavy atom. The molecule has 0 aromatic carbocycles. The predicted molar refractivity (Wildman–Crippen MR) is 119 cm³/mol. The summed E-state index contributed by atoms with van der Waals surface area (Å²) in [4.78, 5) is 25.4. The number of guanidine groups is 1. The molecule has 168 valence electrons. The van der Waals surface area contributed by atoms with Crippen molar-refractivity contribution in [3.05, 3.63) is 18.7 Å². The number of hydrogen-bond donors (Lipinski definition) is 1. The topological polar surface area (TPSA) is 75.0 Å². The summed E-state index contributed by atoms with van der Waals surface area (Å²) >= 11 is 0. The number of aromatic nitrogens is 2. The van der Waals surface area contributed by atoms with Crippen LogP contribution in [-0.2, 0) is 4.74 Å². The fraction of sp³-hybridized carbons (Fsp3) is 0.773. The molecule has 1 amide bonds. The van der Waals surface area contributed by atoms with E-state index in [-0.39, 0.29) is 6.09 Å². The Morgan fingerprint density at radius 3 is 2.70 bits per heavy atom. The minimum absolute atomic E-state index is 0.204. The minimum atomic E-state index is -0.457. The van der Waals surface area contributed by atoms with Gasteiger partial charge in [-0.1, -0.05) is 6.92 Å². The van der Waals surface area contributed by atoms with Crippen molar-refractivity contribution >= 4 is 12.1 Å². The molecule has 0 radical (unpaired) electrons. The van der Waals surface area contributed by atoms with E-state index in [0.717, 1.165) is 57.9 Å². The van der Waals surface area contributed by atoms with Crippen molar-refractivity contribution in [2.45, 2.75) is 58.6 Å². The molecule has 1 aromatic rings. The summed E-state index contributed by atoms with van der Waals surface area (Å²) in [6, 6.07) is 0.400. The lowest BCUT2D eigenvalue weighted by atomic mass is 9.93. The van der Waals surface area contributed by atoms with Crippen LogP contribution in [0.4, 0.5) is 4.79 Å². The molecule has 0 spiro atoms. The van der Waals surface area contributed by atoms with Crippen molar-refractivity contribution in [2.24, 2.45) is 16.8 Å². The number of piperidine rings is 2. The Bertz CT molecular complexity index is 712. The summed E-state index contributed by atoms with van der Waals surface area (Å²) in [6.07, 6.45) is 8.84. The van der Waals surface area contributed by atoms with E-state index in [1.165, 1.54) is 0 Å². The van der Waals surface area contributed by atoms with Gasteiger partial charge in [-0.25, -0.2) is 9.78 Å². The molecule has 3 unspecified atom stereocenters. The van der Waals surface area contributed by atoms with E-state index in [4.69, 9.17) is 4.74 Å². The average Bonchev–Trinajstić information content (AvgIpc) is 3.23. The molecule has 3 atom stereocenters. The van der Waals surface area contributed by atoms with Crippen LogP contribution in [0.5, 0.6) is 0 Å². The van der Waals surface area contributed by atoms with Crippen molar-refractivity contribution in [1.82, 2.24) is 24.7 Å². The van der Waals surface area contributed by atoms with E-state index in [0.29, 0.717) is 17.9 Å². The third-order valence-electron chi connectivity index (χ3n) is 6.06. The molecule has 2 aliphatic rings. The fourth-order valence-electron chi connectivity index (χ4n) is 4.39. The molecule has 0 saturated carbocycles. The van der Waals surface area contributed by atoms with Gasteiger partial charge in [-0.2, -0.15) is 0 Å². The van der Waals surface area contributed by atoms with Gasteiger partial charge in [0.15, 0.2) is 5.96 Å². The summed E-state index contributed by atoms with van der Waals surface area (Å²) in [6.45, 7) is 12.3. The number of carbonyl (C=O) groups excluding carboxylic acids is 1. The van der Waals surface area contributed by atoms with Gasteiger partial charge in [0.2, 0.25) is 0 Å². The van der Waals surface area contributed by atoms with Crippen LogP contribution >= 0.6 is 0 Å². The second kappa shape index (κ2) is 9.71. The summed E-state index contributed by atoms with van der Waals surface area (Å²) in [5.41, 5.74) is -0.457. The summed E-state index contributed by atoms with van der Waals surface area (Å²) < 4.78 is 7.76. The van der Waals surface area contributed by atoms with Crippen LogP contribution in [0.25, 0.3) is 0 Å². The van der Waals surface area contributed by atoms with Gasteiger partial charge in [0.25, 0.3) is 0 Å². The number of nitrogens with zero attached hydrogens (tertiary/aromatic N) is 5. The average molecular weight is 419 g/mol. The van der Waals surface area contributed by atoms with E-state index in [1.807, 2.05) is 51.4 Å². The molecule has 2 fully saturated rings. The van der Waals surface area contributed by atoms with Crippen LogP contribution < -0.4 is 5.32 Å². The molecule has 2 saturated heterocycles. The van der Waals surface area contributed by atoms with Crippen molar-refractivity contribution in [3.8, 4) is 0 Å². The molecule has 1 N–H and O–H groups in total. The first-order chi connectivity index (χ1) is 14.3. The zero-order chi connectivity index (χ0) is 21.7. The molecule has 3 heterocycles. The number of amides is 1. The first kappa shape index (κ1) is 22.4. The van der Waals surface area contributed by atoms with Gasteiger partial charge in [0.1, 0.15) is 5.60 Å². The number of carbonyl (C=O) groups is 1. The molecule has 3 rings (SSSR count). The van der Waals surface area contributed by atoms with Gasteiger partial charge >= 0.3 is 6.09 Å². The maximum Gasteiger partial charge on any atom is 0.410 e. The Labute approximate surface area is 180 Å². The Balaban J connectivity index is 1.53. The molecule has 1 aromatic heterocycles. The summed E-state index contributed by atoms with van der Waals surface area (Å²) in [7, 11) is 1.85. The number of ether oxygens (including phenoxy) is 1. The maximum atomic E-state index is 12.4. The molecule has 0 bridgehead atoms. The van der Waals surface area contributed by atoms with Crippen LogP contribution in [0, 0.1) is 11.8 Å². The lowest BCUT2D eigenvalue weighted by molar-refractivity contribution is 0.0168. The zero-order valence-electron chi connectivity index (χ0n) is 19.2. The molecular formula is C22H38N6O2. The molecule has 8 heteroatoms. The Hall–Kier alpha value is -2.25. The number of hydrogen-bond acceptors (Lipinski definition) is 4. The third kappa shape index (κ3) is 5.89. The SMILES string of the molecule is CN=C(NCC1CCCN(C(=O)OC(C)(C)C)C1)N1CCC(C)C(n2ccnc2)C1. The highest BCUT2D eigenvalue weighted by Gasteiger charge is 2.30. The molecule has 0 aliphatic carbocycles. The second-order valence-corrected chi connectivity index (χ2v) is 9.65. The number of aliphatic imine (C=N–C) groups is 1. The highest BCUT2D eigenvalue weighted by Crippen LogP contribution is 2.27. The van der Waals surface area contributed by atoms with Gasteiger partial charge in [-0.15, -0.1) is 0 Å². The second-order valence-electron chi connectivity index (χ2n) is 9.65.